The molecule has 2 rings (SSSR count). The van der Waals surface area contributed by atoms with Gasteiger partial charge in [-0.15, -0.1) is 0 Å². The molecule has 0 radical (unpaired) electrons. The Morgan fingerprint density at radius 3 is 3.00 bits per heavy atom. The molecule has 1 aromatic heterocycles. The Morgan fingerprint density at radius 1 is 1.41 bits per heavy atom. The molecule has 17 heavy (non-hydrogen) atoms. The van der Waals surface area contributed by atoms with Crippen molar-refractivity contribution in [3.05, 3.63) is 47.9 Å². The van der Waals surface area contributed by atoms with Crippen molar-refractivity contribution < 1.29 is 9.26 Å². The molecule has 0 amide bonds. The summed E-state index contributed by atoms with van der Waals surface area (Å²) in [5.41, 5.74) is 1.18. The average Bonchev–Trinajstić information content (AvgIpc) is 2.89. The minimum atomic E-state index is 0.232. The van der Waals surface area contributed by atoms with Gasteiger partial charge in [-0.25, -0.2) is 0 Å². The summed E-state index contributed by atoms with van der Waals surface area (Å²) in [6, 6.07) is 10.1. The second-order valence-corrected chi connectivity index (χ2v) is 3.86. The van der Waals surface area contributed by atoms with E-state index in [0.29, 0.717) is 6.54 Å². The van der Waals surface area contributed by atoms with Crippen LogP contribution in [-0.2, 0) is 6.54 Å². The van der Waals surface area contributed by atoms with Gasteiger partial charge in [-0.3, -0.25) is 0 Å². The Kier molecular flexibility index (Phi) is 3.77. The van der Waals surface area contributed by atoms with Gasteiger partial charge >= 0.3 is 0 Å². The number of ether oxygens (including phenoxy) is 1. The topological polar surface area (TPSA) is 47.3 Å². The number of rotatable bonds is 5. The Morgan fingerprint density at radius 2 is 2.29 bits per heavy atom. The Balaban J connectivity index is 1.96. The van der Waals surface area contributed by atoms with Gasteiger partial charge in [-0.1, -0.05) is 17.3 Å². The Bertz CT molecular complexity index is 454. The van der Waals surface area contributed by atoms with Crippen LogP contribution in [0.5, 0.6) is 5.75 Å². The van der Waals surface area contributed by atoms with Crippen LogP contribution in [0, 0.1) is 0 Å². The highest BCUT2D eigenvalue weighted by Gasteiger charge is 2.06. The van der Waals surface area contributed by atoms with E-state index in [9.17, 15) is 0 Å². The molecule has 1 atom stereocenters. The fourth-order valence-corrected chi connectivity index (χ4v) is 1.62. The number of benzene rings is 1. The number of hydrogen-bond acceptors (Lipinski definition) is 4. The van der Waals surface area contributed by atoms with Crippen molar-refractivity contribution in [1.82, 2.24) is 10.5 Å². The lowest BCUT2D eigenvalue weighted by Gasteiger charge is -2.13. The third-order valence-electron chi connectivity index (χ3n) is 2.67. The van der Waals surface area contributed by atoms with Gasteiger partial charge in [0, 0.05) is 12.1 Å². The van der Waals surface area contributed by atoms with Crippen LogP contribution >= 0.6 is 0 Å². The summed E-state index contributed by atoms with van der Waals surface area (Å²) < 4.78 is 10.2. The van der Waals surface area contributed by atoms with Gasteiger partial charge in [0.2, 0.25) is 0 Å². The molecule has 1 aromatic carbocycles. The van der Waals surface area contributed by atoms with Crippen molar-refractivity contribution in [2.75, 3.05) is 7.11 Å². The van der Waals surface area contributed by atoms with Crippen molar-refractivity contribution in [2.45, 2.75) is 19.5 Å². The molecule has 0 saturated carbocycles. The minimum Gasteiger partial charge on any atom is -0.497 e. The van der Waals surface area contributed by atoms with Gasteiger partial charge in [0.05, 0.1) is 19.9 Å². The Labute approximate surface area is 101 Å². The fraction of sp³-hybridized carbons (Fsp3) is 0.308. The van der Waals surface area contributed by atoms with E-state index in [2.05, 4.69) is 23.5 Å². The van der Waals surface area contributed by atoms with Gasteiger partial charge < -0.3 is 14.6 Å². The molecular formula is C13H16N2O2. The highest BCUT2D eigenvalue weighted by molar-refractivity contribution is 5.30. The largest absolute Gasteiger partial charge is 0.497 e. The molecule has 0 aliphatic rings. The molecule has 2 aromatic rings. The van der Waals surface area contributed by atoms with Crippen LogP contribution in [0.25, 0.3) is 0 Å². The predicted molar refractivity (Wildman–Crippen MR) is 64.8 cm³/mol. The maximum Gasteiger partial charge on any atom is 0.150 e. The van der Waals surface area contributed by atoms with Crippen molar-refractivity contribution in [2.24, 2.45) is 0 Å². The quantitative estimate of drug-likeness (QED) is 0.860. The summed E-state index contributed by atoms with van der Waals surface area (Å²) in [6.07, 6.45) is 1.65. The van der Waals surface area contributed by atoms with Gasteiger partial charge in [0.15, 0.2) is 0 Å². The first kappa shape index (κ1) is 11.7. The summed E-state index contributed by atoms with van der Waals surface area (Å²) in [4.78, 5) is 0. The molecule has 1 unspecified atom stereocenters. The molecule has 0 aliphatic carbocycles. The summed E-state index contributed by atoms with van der Waals surface area (Å²) in [5, 5.41) is 7.03. The van der Waals surface area contributed by atoms with Gasteiger partial charge in [0.25, 0.3) is 0 Å². The zero-order valence-corrected chi connectivity index (χ0v) is 10.0. The van der Waals surface area contributed by atoms with Crippen LogP contribution in [0.15, 0.2) is 41.1 Å². The smallest absolute Gasteiger partial charge is 0.150 e. The molecule has 0 fully saturated rings. The number of nitrogens with zero attached hydrogens (tertiary/aromatic N) is 1. The van der Waals surface area contributed by atoms with Crippen molar-refractivity contribution in [1.29, 1.82) is 0 Å². The van der Waals surface area contributed by atoms with Crippen LogP contribution < -0.4 is 10.1 Å². The van der Waals surface area contributed by atoms with E-state index in [1.807, 2.05) is 24.3 Å². The third-order valence-corrected chi connectivity index (χ3v) is 2.67. The lowest BCUT2D eigenvalue weighted by molar-refractivity contribution is 0.366. The van der Waals surface area contributed by atoms with E-state index in [1.54, 1.807) is 13.3 Å². The van der Waals surface area contributed by atoms with Crippen LogP contribution in [0.4, 0.5) is 0 Å². The van der Waals surface area contributed by atoms with E-state index in [1.165, 1.54) is 5.56 Å². The second kappa shape index (κ2) is 5.50. The summed E-state index contributed by atoms with van der Waals surface area (Å²) in [5.74, 6) is 1.70. The lowest BCUT2D eigenvalue weighted by atomic mass is 10.1. The van der Waals surface area contributed by atoms with E-state index < -0.39 is 0 Å². The lowest BCUT2D eigenvalue weighted by Crippen LogP contribution is -2.17. The molecule has 4 nitrogen and oxygen atoms in total. The number of nitrogens with one attached hydrogen (secondary N) is 1. The van der Waals surface area contributed by atoms with Gasteiger partial charge in [0.1, 0.15) is 11.5 Å². The fourth-order valence-electron chi connectivity index (χ4n) is 1.62. The van der Waals surface area contributed by atoms with Crippen LogP contribution in [0.3, 0.4) is 0 Å². The van der Waals surface area contributed by atoms with E-state index in [0.717, 1.165) is 11.5 Å². The van der Waals surface area contributed by atoms with Gasteiger partial charge in [-0.2, -0.15) is 0 Å². The first-order valence-electron chi connectivity index (χ1n) is 5.56. The maximum absolute atomic E-state index is 5.20. The van der Waals surface area contributed by atoms with E-state index >= 15 is 0 Å². The van der Waals surface area contributed by atoms with Crippen LogP contribution in [0.2, 0.25) is 0 Å². The molecule has 1 heterocycles. The van der Waals surface area contributed by atoms with Crippen molar-refractivity contribution in [3.8, 4) is 5.75 Å². The highest BCUT2D eigenvalue weighted by atomic mass is 16.5. The first-order valence-corrected chi connectivity index (χ1v) is 5.56. The zero-order valence-electron chi connectivity index (χ0n) is 10.0. The number of methoxy groups -OCH3 is 1. The first-order chi connectivity index (χ1) is 8.29. The number of hydrogen-bond donors (Lipinski definition) is 1. The van der Waals surface area contributed by atoms with E-state index in [4.69, 9.17) is 9.26 Å². The van der Waals surface area contributed by atoms with Crippen LogP contribution in [0.1, 0.15) is 24.3 Å². The second-order valence-electron chi connectivity index (χ2n) is 3.86. The van der Waals surface area contributed by atoms with Gasteiger partial charge in [-0.05, 0) is 24.6 Å². The molecule has 0 saturated heterocycles. The molecule has 0 spiro atoms. The SMILES string of the molecule is COc1cccc(C(C)NCc2ccno2)c1. The third kappa shape index (κ3) is 3.07. The molecule has 4 heteroatoms. The van der Waals surface area contributed by atoms with Crippen molar-refractivity contribution >= 4 is 0 Å². The summed E-state index contributed by atoms with van der Waals surface area (Å²) in [7, 11) is 1.67. The maximum atomic E-state index is 5.20. The average molecular weight is 232 g/mol. The molecule has 0 bridgehead atoms. The van der Waals surface area contributed by atoms with Crippen LogP contribution in [-0.4, -0.2) is 12.3 Å². The minimum absolute atomic E-state index is 0.232. The highest BCUT2D eigenvalue weighted by Crippen LogP contribution is 2.18. The summed E-state index contributed by atoms with van der Waals surface area (Å²) >= 11 is 0. The zero-order chi connectivity index (χ0) is 12.1. The normalized spacial score (nSPS) is 12.4. The standard InChI is InChI=1S/C13H16N2O2/c1-10(14-9-13-6-7-15-17-13)11-4-3-5-12(8-11)16-2/h3-8,10,14H,9H2,1-2H3. The Hall–Kier alpha value is -1.81. The molecular weight excluding hydrogens is 216 g/mol. The predicted octanol–water partition coefficient (Wildman–Crippen LogP) is 2.53. The summed E-state index contributed by atoms with van der Waals surface area (Å²) in [6.45, 7) is 2.77. The molecule has 90 valence electrons. The monoisotopic (exact) mass is 232 g/mol. The molecule has 1 N–H and O–H groups in total. The van der Waals surface area contributed by atoms with Crippen molar-refractivity contribution in [3.63, 3.8) is 0 Å². The molecule has 0 aliphatic heterocycles. The van der Waals surface area contributed by atoms with E-state index in [-0.39, 0.29) is 6.04 Å². The number of aromatic nitrogens is 1.